The molecule has 0 aliphatic heterocycles. The van der Waals surface area contributed by atoms with Crippen LogP contribution in [0.1, 0.15) is 49.2 Å². The van der Waals surface area contributed by atoms with Crippen molar-refractivity contribution < 1.29 is 9.26 Å². The van der Waals surface area contributed by atoms with E-state index in [-0.39, 0.29) is 5.25 Å². The molecule has 2 heterocycles. The summed E-state index contributed by atoms with van der Waals surface area (Å²) < 4.78 is 12.3. The maximum absolute atomic E-state index is 5.38. The predicted molar refractivity (Wildman–Crippen MR) is 97.1 cm³/mol. The van der Waals surface area contributed by atoms with Crippen molar-refractivity contribution in [2.24, 2.45) is 0 Å². The first-order valence-corrected chi connectivity index (χ1v) is 9.45. The molecule has 0 aliphatic carbocycles. The summed E-state index contributed by atoms with van der Waals surface area (Å²) in [6.45, 7) is 4.73. The average Bonchev–Trinajstić information content (AvgIpc) is 3.30. The Bertz CT molecular complexity index is 817. The molecular formula is C17H22N6O2S. The van der Waals surface area contributed by atoms with Crippen LogP contribution in [0.4, 0.5) is 0 Å². The average molecular weight is 374 g/mol. The van der Waals surface area contributed by atoms with Crippen LogP contribution in [0.3, 0.4) is 0 Å². The molecule has 0 saturated heterocycles. The van der Waals surface area contributed by atoms with E-state index in [0.717, 1.165) is 36.4 Å². The summed E-state index contributed by atoms with van der Waals surface area (Å²) in [7, 11) is 1.65. The molecule has 1 atom stereocenters. The van der Waals surface area contributed by atoms with Gasteiger partial charge in [-0.05, 0) is 41.5 Å². The highest BCUT2D eigenvalue weighted by Crippen LogP contribution is 2.32. The van der Waals surface area contributed by atoms with Crippen LogP contribution in [-0.4, -0.2) is 37.5 Å². The van der Waals surface area contributed by atoms with E-state index in [1.165, 1.54) is 11.8 Å². The van der Waals surface area contributed by atoms with Crippen LogP contribution in [-0.2, 0) is 13.0 Å². The SMILES string of the molecule is CCCCc1noc(C(C)Sc2nnnn2Cc2ccc(OC)cc2)n1. The van der Waals surface area contributed by atoms with Crippen molar-refractivity contribution in [2.75, 3.05) is 7.11 Å². The van der Waals surface area contributed by atoms with Gasteiger partial charge in [-0.1, -0.05) is 42.4 Å². The van der Waals surface area contributed by atoms with E-state index >= 15 is 0 Å². The minimum Gasteiger partial charge on any atom is -0.497 e. The van der Waals surface area contributed by atoms with E-state index in [1.54, 1.807) is 11.8 Å². The van der Waals surface area contributed by atoms with Crippen molar-refractivity contribution in [1.29, 1.82) is 0 Å². The van der Waals surface area contributed by atoms with E-state index in [2.05, 4.69) is 32.6 Å². The van der Waals surface area contributed by atoms with Crippen LogP contribution in [0.15, 0.2) is 33.9 Å². The van der Waals surface area contributed by atoms with Gasteiger partial charge in [-0.3, -0.25) is 0 Å². The lowest BCUT2D eigenvalue weighted by molar-refractivity contribution is 0.374. The zero-order chi connectivity index (χ0) is 18.4. The normalized spacial score (nSPS) is 12.3. The highest BCUT2D eigenvalue weighted by Gasteiger charge is 2.19. The second-order valence-corrected chi connectivity index (χ2v) is 7.19. The number of thioether (sulfide) groups is 1. The summed E-state index contributed by atoms with van der Waals surface area (Å²) in [6, 6.07) is 7.84. The Labute approximate surface area is 156 Å². The smallest absolute Gasteiger partial charge is 0.239 e. The third-order valence-electron chi connectivity index (χ3n) is 3.86. The lowest BCUT2D eigenvalue weighted by Crippen LogP contribution is -2.04. The van der Waals surface area contributed by atoms with Crippen LogP contribution in [0.25, 0.3) is 0 Å². The fourth-order valence-electron chi connectivity index (χ4n) is 2.36. The third kappa shape index (κ3) is 4.60. The summed E-state index contributed by atoms with van der Waals surface area (Å²) in [5.74, 6) is 2.18. The van der Waals surface area contributed by atoms with Gasteiger partial charge in [0.2, 0.25) is 11.0 Å². The Balaban J connectivity index is 1.64. The number of aromatic nitrogens is 6. The molecule has 0 N–H and O–H groups in total. The van der Waals surface area contributed by atoms with Gasteiger partial charge in [0.05, 0.1) is 18.9 Å². The molecule has 2 aromatic heterocycles. The molecule has 3 aromatic rings. The van der Waals surface area contributed by atoms with E-state index in [0.29, 0.717) is 17.6 Å². The number of hydrogen-bond acceptors (Lipinski definition) is 8. The van der Waals surface area contributed by atoms with Crippen LogP contribution < -0.4 is 4.74 Å². The van der Waals surface area contributed by atoms with Crippen molar-refractivity contribution >= 4 is 11.8 Å². The molecule has 0 aliphatic rings. The summed E-state index contributed by atoms with van der Waals surface area (Å²) in [6.07, 6.45) is 3.00. The number of benzene rings is 1. The Morgan fingerprint density at radius 2 is 2.08 bits per heavy atom. The molecule has 9 heteroatoms. The second kappa shape index (κ2) is 8.79. The number of nitrogens with zero attached hydrogens (tertiary/aromatic N) is 6. The van der Waals surface area contributed by atoms with E-state index in [1.807, 2.05) is 31.2 Å². The Hall–Kier alpha value is -2.42. The molecule has 138 valence electrons. The summed E-state index contributed by atoms with van der Waals surface area (Å²) >= 11 is 1.50. The van der Waals surface area contributed by atoms with Gasteiger partial charge in [0, 0.05) is 6.42 Å². The monoisotopic (exact) mass is 374 g/mol. The summed E-state index contributed by atoms with van der Waals surface area (Å²) in [5, 5.41) is 16.7. The van der Waals surface area contributed by atoms with Crippen molar-refractivity contribution in [1.82, 2.24) is 30.3 Å². The molecule has 0 fully saturated rings. The third-order valence-corrected chi connectivity index (χ3v) is 4.92. The molecule has 8 nitrogen and oxygen atoms in total. The molecule has 0 bridgehead atoms. The first-order chi connectivity index (χ1) is 12.7. The van der Waals surface area contributed by atoms with Gasteiger partial charge in [0.25, 0.3) is 0 Å². The number of rotatable bonds is 9. The number of aryl methyl sites for hydroxylation is 1. The molecule has 3 rings (SSSR count). The Morgan fingerprint density at radius 3 is 2.81 bits per heavy atom. The lowest BCUT2D eigenvalue weighted by Gasteiger charge is -2.07. The molecule has 26 heavy (non-hydrogen) atoms. The van der Waals surface area contributed by atoms with Gasteiger partial charge in [-0.2, -0.15) is 4.98 Å². The maximum Gasteiger partial charge on any atom is 0.239 e. The van der Waals surface area contributed by atoms with Gasteiger partial charge >= 0.3 is 0 Å². The standard InChI is InChI=1S/C17H22N6O2S/c1-4-5-6-15-18-16(25-20-15)12(2)26-17-19-21-22-23(17)11-13-7-9-14(24-3)10-8-13/h7-10,12H,4-6,11H2,1-3H3. The topological polar surface area (TPSA) is 91.8 Å². The lowest BCUT2D eigenvalue weighted by atomic mass is 10.2. The minimum absolute atomic E-state index is 0.0292. The number of hydrogen-bond donors (Lipinski definition) is 0. The second-order valence-electron chi connectivity index (χ2n) is 5.88. The Kier molecular flexibility index (Phi) is 6.21. The number of ether oxygens (including phenoxy) is 1. The van der Waals surface area contributed by atoms with Crippen LogP contribution in [0.2, 0.25) is 0 Å². The van der Waals surface area contributed by atoms with Crippen LogP contribution in [0.5, 0.6) is 5.75 Å². The van der Waals surface area contributed by atoms with Crippen molar-refractivity contribution in [2.45, 2.75) is 50.1 Å². The number of methoxy groups -OCH3 is 1. The number of tetrazole rings is 1. The zero-order valence-corrected chi connectivity index (χ0v) is 15.9. The molecule has 1 unspecified atom stereocenters. The van der Waals surface area contributed by atoms with Crippen molar-refractivity contribution in [3.8, 4) is 5.75 Å². The summed E-state index contributed by atoms with van der Waals surface area (Å²) in [5.41, 5.74) is 1.09. The summed E-state index contributed by atoms with van der Waals surface area (Å²) in [4.78, 5) is 4.47. The highest BCUT2D eigenvalue weighted by atomic mass is 32.2. The van der Waals surface area contributed by atoms with Crippen LogP contribution >= 0.6 is 11.8 Å². The highest BCUT2D eigenvalue weighted by molar-refractivity contribution is 7.99. The van der Waals surface area contributed by atoms with Gasteiger partial charge in [0.1, 0.15) is 5.75 Å². The molecule has 0 saturated carbocycles. The van der Waals surface area contributed by atoms with Gasteiger partial charge in [-0.25, -0.2) is 4.68 Å². The fourth-order valence-corrected chi connectivity index (χ4v) is 3.18. The molecular weight excluding hydrogens is 352 g/mol. The van der Waals surface area contributed by atoms with Crippen molar-refractivity contribution in [3.05, 3.63) is 41.5 Å². The quantitative estimate of drug-likeness (QED) is 0.527. The van der Waals surface area contributed by atoms with E-state index < -0.39 is 0 Å². The first-order valence-electron chi connectivity index (χ1n) is 8.57. The zero-order valence-electron chi connectivity index (χ0n) is 15.1. The van der Waals surface area contributed by atoms with Gasteiger partial charge in [-0.15, -0.1) is 5.10 Å². The van der Waals surface area contributed by atoms with Crippen LogP contribution in [0, 0.1) is 0 Å². The van der Waals surface area contributed by atoms with Gasteiger partial charge < -0.3 is 9.26 Å². The number of unbranched alkanes of at least 4 members (excludes halogenated alkanes) is 1. The molecule has 0 amide bonds. The molecule has 0 spiro atoms. The molecule has 0 radical (unpaired) electrons. The first kappa shape index (κ1) is 18.4. The van der Waals surface area contributed by atoms with E-state index in [4.69, 9.17) is 9.26 Å². The Morgan fingerprint density at radius 1 is 1.27 bits per heavy atom. The van der Waals surface area contributed by atoms with Gasteiger partial charge in [0.15, 0.2) is 5.82 Å². The molecule has 1 aromatic carbocycles. The minimum atomic E-state index is -0.0292. The maximum atomic E-state index is 5.38. The van der Waals surface area contributed by atoms with Crippen molar-refractivity contribution in [3.63, 3.8) is 0 Å². The largest absolute Gasteiger partial charge is 0.497 e. The predicted octanol–water partition coefficient (Wildman–Crippen LogP) is 3.31. The fraction of sp³-hybridized carbons (Fsp3) is 0.471. The van der Waals surface area contributed by atoms with E-state index in [9.17, 15) is 0 Å².